The Hall–Kier alpha value is -2.29. The van der Waals surface area contributed by atoms with Crippen molar-refractivity contribution in [3.05, 3.63) is 36.3 Å². The SMILES string of the molecule is C=CCN1C(=O)CCCC12CCCN(Cc1ccc(C)o1)C2.O=C(O)C(F)(F)F. The van der Waals surface area contributed by atoms with Crippen LogP contribution in [0.1, 0.15) is 43.6 Å². The van der Waals surface area contributed by atoms with Crippen LogP contribution >= 0.6 is 0 Å². The van der Waals surface area contributed by atoms with Crippen molar-refractivity contribution < 1.29 is 32.3 Å². The molecule has 1 atom stereocenters. The van der Waals surface area contributed by atoms with E-state index >= 15 is 0 Å². The smallest absolute Gasteiger partial charge is 0.475 e. The lowest BCUT2D eigenvalue weighted by atomic mass is 9.79. The molecule has 6 nitrogen and oxygen atoms in total. The predicted molar refractivity (Wildman–Crippen MR) is 100 cm³/mol. The van der Waals surface area contributed by atoms with Crippen LogP contribution < -0.4 is 0 Å². The Labute approximate surface area is 168 Å². The maximum absolute atomic E-state index is 12.4. The summed E-state index contributed by atoms with van der Waals surface area (Å²) in [6.07, 6.45) is 1.84. The first-order chi connectivity index (χ1) is 13.6. The molecule has 3 rings (SSSR count). The monoisotopic (exact) mass is 416 g/mol. The summed E-state index contributed by atoms with van der Waals surface area (Å²) in [6.45, 7) is 9.36. The summed E-state index contributed by atoms with van der Waals surface area (Å²) >= 11 is 0. The van der Waals surface area contributed by atoms with Crippen LogP contribution in [-0.2, 0) is 16.1 Å². The third-order valence-corrected chi connectivity index (χ3v) is 5.27. The third-order valence-electron chi connectivity index (χ3n) is 5.27. The van der Waals surface area contributed by atoms with Crippen molar-refractivity contribution in [2.75, 3.05) is 19.6 Å². The highest BCUT2D eigenvalue weighted by molar-refractivity contribution is 5.78. The van der Waals surface area contributed by atoms with Gasteiger partial charge in [-0.25, -0.2) is 4.79 Å². The van der Waals surface area contributed by atoms with Crippen molar-refractivity contribution in [1.29, 1.82) is 0 Å². The van der Waals surface area contributed by atoms with Crippen LogP contribution in [0.25, 0.3) is 0 Å². The maximum Gasteiger partial charge on any atom is 0.490 e. The first-order valence-corrected chi connectivity index (χ1v) is 9.56. The van der Waals surface area contributed by atoms with E-state index in [1.165, 1.54) is 0 Å². The minimum Gasteiger partial charge on any atom is -0.475 e. The van der Waals surface area contributed by atoms with Crippen molar-refractivity contribution in [3.63, 3.8) is 0 Å². The van der Waals surface area contributed by atoms with Gasteiger partial charge in [-0.15, -0.1) is 6.58 Å². The number of furan rings is 1. The van der Waals surface area contributed by atoms with E-state index in [1.54, 1.807) is 0 Å². The van der Waals surface area contributed by atoms with Crippen LogP contribution in [0.4, 0.5) is 13.2 Å². The molecule has 1 unspecified atom stereocenters. The van der Waals surface area contributed by atoms with Gasteiger partial charge in [0.25, 0.3) is 0 Å². The number of rotatable bonds is 4. The first kappa shape index (κ1) is 23.0. The number of carbonyl (C=O) groups excluding carboxylic acids is 1. The molecule has 1 spiro atoms. The lowest BCUT2D eigenvalue weighted by Crippen LogP contribution is -2.62. The second-order valence-electron chi connectivity index (χ2n) is 7.50. The number of carbonyl (C=O) groups is 2. The molecule has 9 heteroatoms. The minimum absolute atomic E-state index is 0.00338. The molecule has 162 valence electrons. The van der Waals surface area contributed by atoms with E-state index < -0.39 is 12.1 Å². The van der Waals surface area contributed by atoms with Crippen LogP contribution in [0.3, 0.4) is 0 Å². The molecule has 0 saturated carbocycles. The number of aliphatic carboxylic acids is 1. The van der Waals surface area contributed by atoms with Crippen LogP contribution in [0.5, 0.6) is 0 Å². The number of carboxylic acids is 1. The van der Waals surface area contributed by atoms with E-state index in [4.69, 9.17) is 14.3 Å². The molecule has 0 aliphatic carbocycles. The highest BCUT2D eigenvalue weighted by atomic mass is 19.4. The molecule has 0 bridgehead atoms. The lowest BCUT2D eigenvalue weighted by molar-refractivity contribution is -0.192. The average Bonchev–Trinajstić information content (AvgIpc) is 3.03. The fraction of sp³-hybridized carbons (Fsp3) is 0.600. The van der Waals surface area contributed by atoms with Crippen LogP contribution in [0, 0.1) is 6.92 Å². The van der Waals surface area contributed by atoms with E-state index in [-0.39, 0.29) is 5.54 Å². The molecule has 1 aromatic heterocycles. The van der Waals surface area contributed by atoms with Crippen molar-refractivity contribution in [2.24, 2.45) is 0 Å². The normalized spacial score (nSPS) is 22.9. The number of nitrogens with zero attached hydrogens (tertiary/aromatic N) is 2. The molecule has 29 heavy (non-hydrogen) atoms. The van der Waals surface area contributed by atoms with Gasteiger partial charge >= 0.3 is 12.1 Å². The Morgan fingerprint density at radius 1 is 1.34 bits per heavy atom. The Morgan fingerprint density at radius 2 is 2.00 bits per heavy atom. The number of amides is 1. The number of carboxylic acid groups (broad SMARTS) is 1. The third kappa shape index (κ3) is 6.09. The molecule has 2 aliphatic rings. The summed E-state index contributed by atoms with van der Waals surface area (Å²) in [4.78, 5) is 25.8. The summed E-state index contributed by atoms with van der Waals surface area (Å²) in [7, 11) is 0. The molecule has 1 amide bonds. The number of halogens is 3. The van der Waals surface area contributed by atoms with Gasteiger partial charge in [0.2, 0.25) is 5.91 Å². The average molecular weight is 416 g/mol. The lowest BCUT2D eigenvalue weighted by Gasteiger charge is -2.52. The molecular weight excluding hydrogens is 389 g/mol. The first-order valence-electron chi connectivity index (χ1n) is 9.56. The molecule has 2 saturated heterocycles. The second-order valence-corrected chi connectivity index (χ2v) is 7.50. The molecular formula is C20H27F3N2O4. The number of alkyl halides is 3. The summed E-state index contributed by atoms with van der Waals surface area (Å²) in [5.41, 5.74) is 0.00338. The van der Waals surface area contributed by atoms with Crippen LogP contribution in [0.15, 0.2) is 29.2 Å². The van der Waals surface area contributed by atoms with Gasteiger partial charge in [-0.2, -0.15) is 13.2 Å². The van der Waals surface area contributed by atoms with Crippen LogP contribution in [0.2, 0.25) is 0 Å². The summed E-state index contributed by atoms with van der Waals surface area (Å²) in [6, 6.07) is 4.08. The van der Waals surface area contributed by atoms with E-state index in [2.05, 4.69) is 22.4 Å². The Balaban J connectivity index is 0.000000370. The van der Waals surface area contributed by atoms with Gasteiger partial charge in [0.1, 0.15) is 11.5 Å². The van der Waals surface area contributed by atoms with E-state index in [9.17, 15) is 18.0 Å². The highest BCUT2D eigenvalue weighted by Gasteiger charge is 2.44. The minimum atomic E-state index is -5.08. The van der Waals surface area contributed by atoms with Crippen molar-refractivity contribution in [3.8, 4) is 0 Å². The standard InChI is InChI=1S/C18H26N2O2.C2HF3O2/c1-3-11-20-17(21)6-4-9-18(20)10-5-12-19(14-18)13-16-8-7-15(2)22-16;3-2(4,5)1(6)7/h3,7-8H,1,4-6,9-14H2,2H3;(H,6,7). The quantitative estimate of drug-likeness (QED) is 0.757. The van der Waals surface area contributed by atoms with Crippen molar-refractivity contribution in [2.45, 2.75) is 57.3 Å². The van der Waals surface area contributed by atoms with Crippen LogP contribution in [-0.4, -0.2) is 58.1 Å². The van der Waals surface area contributed by atoms with Gasteiger partial charge in [-0.05, 0) is 51.3 Å². The number of aryl methyl sites for hydroxylation is 1. The molecule has 1 N–H and O–H groups in total. The predicted octanol–water partition coefficient (Wildman–Crippen LogP) is 3.75. The topological polar surface area (TPSA) is 74.0 Å². The van der Waals surface area contributed by atoms with Gasteiger partial charge in [-0.1, -0.05) is 6.08 Å². The fourth-order valence-corrected chi connectivity index (χ4v) is 4.08. The zero-order valence-corrected chi connectivity index (χ0v) is 16.5. The molecule has 2 fully saturated rings. The van der Waals surface area contributed by atoms with Gasteiger partial charge in [0, 0.05) is 19.5 Å². The Kier molecular flexibility index (Phi) is 7.51. The number of likely N-dealkylation sites (tertiary alicyclic amines) is 2. The molecule has 3 heterocycles. The summed E-state index contributed by atoms with van der Waals surface area (Å²) < 4.78 is 37.5. The van der Waals surface area contributed by atoms with E-state index in [0.29, 0.717) is 18.9 Å². The fourth-order valence-electron chi connectivity index (χ4n) is 4.08. The van der Waals surface area contributed by atoms with Gasteiger partial charge < -0.3 is 14.4 Å². The van der Waals surface area contributed by atoms with Gasteiger partial charge in [0.15, 0.2) is 0 Å². The molecule has 1 aromatic rings. The largest absolute Gasteiger partial charge is 0.490 e. The van der Waals surface area contributed by atoms with Gasteiger partial charge in [0.05, 0.1) is 12.1 Å². The van der Waals surface area contributed by atoms with Crippen molar-refractivity contribution in [1.82, 2.24) is 9.80 Å². The Bertz CT molecular complexity index is 728. The number of piperidine rings is 2. The van der Waals surface area contributed by atoms with E-state index in [0.717, 1.165) is 56.8 Å². The molecule has 0 aromatic carbocycles. The summed E-state index contributed by atoms with van der Waals surface area (Å²) in [5.74, 6) is -0.482. The van der Waals surface area contributed by atoms with Crippen molar-refractivity contribution >= 4 is 11.9 Å². The Morgan fingerprint density at radius 3 is 2.55 bits per heavy atom. The molecule has 0 radical (unpaired) electrons. The van der Waals surface area contributed by atoms with E-state index in [1.807, 2.05) is 19.1 Å². The second kappa shape index (κ2) is 9.47. The number of hydrogen-bond acceptors (Lipinski definition) is 4. The number of hydrogen-bond donors (Lipinski definition) is 1. The summed E-state index contributed by atoms with van der Waals surface area (Å²) in [5, 5.41) is 7.12. The van der Waals surface area contributed by atoms with Gasteiger partial charge in [-0.3, -0.25) is 9.69 Å². The highest BCUT2D eigenvalue weighted by Crippen LogP contribution is 2.37. The molecule has 2 aliphatic heterocycles. The zero-order chi connectivity index (χ0) is 21.7. The maximum atomic E-state index is 12.4. The zero-order valence-electron chi connectivity index (χ0n) is 16.5.